The van der Waals surface area contributed by atoms with Crippen LogP contribution in [0.25, 0.3) is 16.6 Å². The summed E-state index contributed by atoms with van der Waals surface area (Å²) in [5, 5.41) is 28.2. The quantitative estimate of drug-likeness (QED) is 0.347. The molecule has 4 heterocycles. The van der Waals surface area contributed by atoms with Crippen molar-refractivity contribution in [1.82, 2.24) is 19.6 Å². The maximum absolute atomic E-state index is 12.3. The van der Waals surface area contributed by atoms with Crippen LogP contribution in [0.1, 0.15) is 51.1 Å². The van der Waals surface area contributed by atoms with Crippen molar-refractivity contribution < 1.29 is 28.5 Å². The van der Waals surface area contributed by atoms with E-state index in [4.69, 9.17) is 9.84 Å². The summed E-state index contributed by atoms with van der Waals surface area (Å²) in [7, 11) is 0. The van der Waals surface area contributed by atoms with Crippen LogP contribution < -0.4 is 10.2 Å². The maximum Gasteiger partial charge on any atom is 0.345 e. The Balaban J connectivity index is 1.46. The summed E-state index contributed by atoms with van der Waals surface area (Å²) in [6.07, 6.45) is 6.05. The van der Waals surface area contributed by atoms with E-state index in [1.807, 2.05) is 16.6 Å². The third-order valence-electron chi connectivity index (χ3n) is 7.52. The topological polar surface area (TPSA) is 117 Å². The van der Waals surface area contributed by atoms with Gasteiger partial charge in [0.2, 0.25) is 5.95 Å². The highest BCUT2D eigenvalue weighted by molar-refractivity contribution is 5.82. The number of nitrogens with one attached hydrogen (secondary N) is 1. The summed E-state index contributed by atoms with van der Waals surface area (Å²) in [6, 6.07) is 6.12. The number of nitrogens with zero attached hydrogens (tertiary/aromatic N) is 5. The van der Waals surface area contributed by atoms with Gasteiger partial charge in [-0.05, 0) is 63.3 Å². The summed E-state index contributed by atoms with van der Waals surface area (Å²) in [5.41, 5.74) is 2.79. The summed E-state index contributed by atoms with van der Waals surface area (Å²) >= 11 is 0. The number of morpholine rings is 1. The van der Waals surface area contributed by atoms with Crippen LogP contribution in [0.15, 0.2) is 30.6 Å². The Morgan fingerprint density at radius 3 is 2.74 bits per heavy atom. The zero-order valence-corrected chi connectivity index (χ0v) is 22.3. The third kappa shape index (κ3) is 6.46. The second-order valence-corrected chi connectivity index (χ2v) is 10.8. The van der Waals surface area contributed by atoms with Gasteiger partial charge in [-0.2, -0.15) is 8.78 Å². The number of rotatable bonds is 9. The van der Waals surface area contributed by atoms with Crippen molar-refractivity contribution in [1.29, 1.82) is 0 Å². The predicted octanol–water partition coefficient (Wildman–Crippen LogP) is 3.44. The SMILES string of the molecule is CC(C)(O)C1CN(c2cc(-c3cc([C@H]4CC[C@H](O)CC4)n4nc(NCCOC(F)F)ncc34)ccn2)CCO1. The monoisotopic (exact) mass is 546 g/mol. The molecular formula is C27H36F2N6O4. The zero-order valence-electron chi connectivity index (χ0n) is 22.3. The number of ether oxygens (including phenoxy) is 2. The summed E-state index contributed by atoms with van der Waals surface area (Å²) in [4.78, 5) is 11.2. The van der Waals surface area contributed by atoms with E-state index in [0.717, 1.165) is 53.8 Å². The lowest BCUT2D eigenvalue weighted by molar-refractivity contribution is -0.125. The van der Waals surface area contributed by atoms with Crippen molar-refractivity contribution >= 4 is 17.3 Å². The highest BCUT2D eigenvalue weighted by atomic mass is 19.3. The van der Waals surface area contributed by atoms with Crippen molar-refractivity contribution in [3.63, 3.8) is 0 Å². The minimum Gasteiger partial charge on any atom is -0.393 e. The molecule has 10 nitrogen and oxygen atoms in total. The molecule has 5 rings (SSSR count). The highest BCUT2D eigenvalue weighted by Gasteiger charge is 2.33. The van der Waals surface area contributed by atoms with Crippen molar-refractivity contribution in [2.24, 2.45) is 0 Å². The molecule has 2 aliphatic rings. The van der Waals surface area contributed by atoms with E-state index in [1.165, 1.54) is 0 Å². The molecule has 0 radical (unpaired) electrons. The van der Waals surface area contributed by atoms with Gasteiger partial charge in [0.25, 0.3) is 0 Å². The Morgan fingerprint density at radius 2 is 2.00 bits per heavy atom. The van der Waals surface area contributed by atoms with Crippen LogP contribution in [-0.4, -0.2) is 87.1 Å². The average molecular weight is 547 g/mol. The first-order chi connectivity index (χ1) is 18.7. The third-order valence-corrected chi connectivity index (χ3v) is 7.52. The molecule has 1 unspecified atom stereocenters. The van der Waals surface area contributed by atoms with Crippen LogP contribution in [0.4, 0.5) is 20.5 Å². The maximum atomic E-state index is 12.3. The van der Waals surface area contributed by atoms with Gasteiger partial charge in [-0.1, -0.05) is 0 Å². The van der Waals surface area contributed by atoms with E-state index in [9.17, 15) is 19.0 Å². The summed E-state index contributed by atoms with van der Waals surface area (Å²) in [6.45, 7) is 2.35. The Labute approximate surface area is 226 Å². The van der Waals surface area contributed by atoms with Crippen LogP contribution in [0.3, 0.4) is 0 Å². The molecule has 0 amide bonds. The average Bonchev–Trinajstić information content (AvgIpc) is 3.30. The lowest BCUT2D eigenvalue weighted by Crippen LogP contribution is -2.52. The van der Waals surface area contributed by atoms with Gasteiger partial charge < -0.3 is 29.9 Å². The number of hydrogen-bond donors (Lipinski definition) is 3. The fourth-order valence-electron chi connectivity index (χ4n) is 5.34. The molecule has 39 heavy (non-hydrogen) atoms. The minimum absolute atomic E-state index is 0.147. The molecule has 1 aliphatic carbocycles. The molecule has 1 saturated heterocycles. The molecule has 1 aliphatic heterocycles. The number of halogens is 2. The van der Waals surface area contributed by atoms with Gasteiger partial charge >= 0.3 is 6.61 Å². The standard InChI is InChI=1S/C27H36F2N6O4/c1-27(2,37)23-16-34(10-12-38-23)24-13-18(7-8-30-24)20-14-21(17-3-5-19(36)6-4-17)35-22(20)15-32-26(33-35)31-9-11-39-25(28)29/h7-8,13-15,17,19,23,25,36-37H,3-6,9-12,16H2,1-2H3,(H,31,33)/t17-,19-,23?. The first-order valence-electron chi connectivity index (χ1n) is 13.4. The highest BCUT2D eigenvalue weighted by Crippen LogP contribution is 2.38. The fourth-order valence-corrected chi connectivity index (χ4v) is 5.34. The normalized spacial score (nSPS) is 22.5. The largest absolute Gasteiger partial charge is 0.393 e. The second kappa shape index (κ2) is 11.7. The molecule has 1 saturated carbocycles. The van der Waals surface area contributed by atoms with E-state index in [2.05, 4.69) is 31.0 Å². The number of aliphatic hydroxyl groups is 2. The smallest absolute Gasteiger partial charge is 0.345 e. The first kappa shape index (κ1) is 27.6. The van der Waals surface area contributed by atoms with Crippen LogP contribution in [-0.2, 0) is 9.47 Å². The second-order valence-electron chi connectivity index (χ2n) is 10.8. The van der Waals surface area contributed by atoms with Crippen molar-refractivity contribution in [2.75, 3.05) is 43.1 Å². The zero-order chi connectivity index (χ0) is 27.6. The minimum atomic E-state index is -2.82. The Kier molecular flexibility index (Phi) is 8.27. The van der Waals surface area contributed by atoms with Crippen molar-refractivity contribution in [3.05, 3.63) is 36.3 Å². The van der Waals surface area contributed by atoms with E-state index < -0.39 is 12.2 Å². The Hall–Kier alpha value is -2.93. The van der Waals surface area contributed by atoms with Crippen LogP contribution in [0.5, 0.6) is 0 Å². The molecule has 2 fully saturated rings. The molecule has 3 aromatic rings. The first-order valence-corrected chi connectivity index (χ1v) is 13.4. The number of alkyl halides is 2. The lowest BCUT2D eigenvalue weighted by atomic mass is 9.85. The molecular weight excluding hydrogens is 510 g/mol. The van der Waals surface area contributed by atoms with Crippen molar-refractivity contribution in [2.45, 2.75) is 69.9 Å². The van der Waals surface area contributed by atoms with E-state index in [-0.39, 0.29) is 31.3 Å². The molecule has 3 N–H and O–H groups in total. The van der Waals surface area contributed by atoms with Gasteiger partial charge in [0.15, 0.2) is 0 Å². The van der Waals surface area contributed by atoms with Gasteiger partial charge in [-0.25, -0.2) is 14.5 Å². The van der Waals surface area contributed by atoms with Crippen LogP contribution in [0.2, 0.25) is 0 Å². The molecule has 0 bridgehead atoms. The van der Waals surface area contributed by atoms with Crippen LogP contribution >= 0.6 is 0 Å². The van der Waals surface area contributed by atoms with Gasteiger partial charge in [0.1, 0.15) is 11.9 Å². The number of anilines is 2. The van der Waals surface area contributed by atoms with E-state index in [1.54, 1.807) is 26.2 Å². The van der Waals surface area contributed by atoms with Gasteiger partial charge in [-0.3, -0.25) is 0 Å². The molecule has 3 aromatic heterocycles. The lowest BCUT2D eigenvalue weighted by Gasteiger charge is -2.39. The van der Waals surface area contributed by atoms with Crippen molar-refractivity contribution in [3.8, 4) is 11.1 Å². The number of fused-ring (bicyclic) bond motifs is 1. The van der Waals surface area contributed by atoms with E-state index >= 15 is 0 Å². The fraction of sp³-hybridized carbons (Fsp3) is 0.593. The molecule has 0 spiro atoms. The van der Waals surface area contributed by atoms with Gasteiger partial charge in [-0.15, -0.1) is 5.10 Å². The number of hydrogen-bond acceptors (Lipinski definition) is 9. The number of aromatic nitrogens is 4. The summed E-state index contributed by atoms with van der Waals surface area (Å²) < 4.78 is 36.6. The molecule has 212 valence electrons. The number of aliphatic hydroxyl groups excluding tert-OH is 1. The predicted molar refractivity (Wildman–Crippen MR) is 142 cm³/mol. The number of pyridine rings is 1. The molecule has 0 aromatic carbocycles. The van der Waals surface area contributed by atoms with Gasteiger partial charge in [0.05, 0.1) is 36.6 Å². The van der Waals surface area contributed by atoms with Gasteiger partial charge in [0, 0.05) is 43.0 Å². The molecule has 12 heteroatoms. The van der Waals surface area contributed by atoms with Crippen LogP contribution in [0, 0.1) is 0 Å². The Morgan fingerprint density at radius 1 is 1.21 bits per heavy atom. The summed E-state index contributed by atoms with van der Waals surface area (Å²) in [5.74, 6) is 1.33. The molecule has 1 atom stereocenters. The van der Waals surface area contributed by atoms with E-state index in [0.29, 0.717) is 25.6 Å². The Bertz CT molecular complexity index is 1260.